The molecule has 2 amide bonds. The molecule has 1 aliphatic heterocycles. The van der Waals surface area contributed by atoms with Gasteiger partial charge in [-0.1, -0.05) is 29.3 Å². The van der Waals surface area contributed by atoms with Crippen molar-refractivity contribution in [2.75, 3.05) is 11.9 Å². The SMILES string of the molecule is CCCCOc1ccc(C(=O)NN2C(=O)c3cc(Br)ccc3NC2c2ccc([N+](=O)[O-])cc2)cc1. The number of unbranched alkanes of at least 4 members (excludes halogenated alkanes) is 1. The van der Waals surface area contributed by atoms with E-state index in [0.29, 0.717) is 39.2 Å². The highest BCUT2D eigenvalue weighted by molar-refractivity contribution is 9.10. The molecule has 35 heavy (non-hydrogen) atoms. The summed E-state index contributed by atoms with van der Waals surface area (Å²) in [4.78, 5) is 37.0. The first-order chi connectivity index (χ1) is 16.9. The van der Waals surface area contributed by atoms with Crippen LogP contribution in [0.25, 0.3) is 0 Å². The molecule has 0 aromatic heterocycles. The molecule has 0 saturated heterocycles. The molecule has 1 atom stereocenters. The lowest BCUT2D eigenvalue weighted by molar-refractivity contribution is -0.384. The van der Waals surface area contributed by atoms with Crippen LogP contribution in [0.3, 0.4) is 0 Å². The van der Waals surface area contributed by atoms with Crippen LogP contribution < -0.4 is 15.5 Å². The Bertz CT molecular complexity index is 1250. The number of nitro groups is 1. The van der Waals surface area contributed by atoms with E-state index in [1.165, 1.54) is 17.1 Å². The van der Waals surface area contributed by atoms with Crippen molar-refractivity contribution in [2.24, 2.45) is 0 Å². The van der Waals surface area contributed by atoms with Crippen LogP contribution in [0.4, 0.5) is 11.4 Å². The molecule has 0 bridgehead atoms. The summed E-state index contributed by atoms with van der Waals surface area (Å²) in [6.07, 6.45) is 1.18. The lowest BCUT2D eigenvalue weighted by Crippen LogP contribution is -2.52. The Morgan fingerprint density at radius 1 is 1.14 bits per heavy atom. The summed E-state index contributed by atoms with van der Waals surface area (Å²) < 4.78 is 6.35. The van der Waals surface area contributed by atoms with Gasteiger partial charge < -0.3 is 10.1 Å². The van der Waals surface area contributed by atoms with Gasteiger partial charge in [-0.05, 0) is 66.6 Å². The van der Waals surface area contributed by atoms with Crippen LogP contribution in [0.5, 0.6) is 5.75 Å². The summed E-state index contributed by atoms with van der Waals surface area (Å²) in [5, 5.41) is 15.5. The van der Waals surface area contributed by atoms with Crippen LogP contribution in [0.1, 0.15) is 52.2 Å². The smallest absolute Gasteiger partial charge is 0.276 e. The van der Waals surface area contributed by atoms with E-state index in [-0.39, 0.29) is 5.69 Å². The fraction of sp³-hybridized carbons (Fsp3) is 0.200. The van der Waals surface area contributed by atoms with Crippen molar-refractivity contribution in [3.05, 3.63) is 98.0 Å². The fourth-order valence-electron chi connectivity index (χ4n) is 3.62. The fourth-order valence-corrected chi connectivity index (χ4v) is 3.98. The molecule has 0 fully saturated rings. The van der Waals surface area contributed by atoms with E-state index in [1.807, 2.05) is 0 Å². The van der Waals surface area contributed by atoms with E-state index < -0.39 is 22.9 Å². The highest BCUT2D eigenvalue weighted by Crippen LogP contribution is 2.34. The first-order valence-electron chi connectivity index (χ1n) is 11.0. The maximum Gasteiger partial charge on any atom is 0.276 e. The minimum atomic E-state index is -0.780. The number of nitrogens with zero attached hydrogens (tertiary/aromatic N) is 2. The molecule has 0 spiro atoms. The van der Waals surface area contributed by atoms with E-state index in [4.69, 9.17) is 4.74 Å². The number of fused-ring (bicyclic) bond motifs is 1. The number of nitro benzene ring substituents is 1. The van der Waals surface area contributed by atoms with E-state index in [0.717, 1.165) is 12.8 Å². The molecule has 0 radical (unpaired) electrons. The zero-order valence-corrected chi connectivity index (χ0v) is 20.4. The zero-order chi connectivity index (χ0) is 24.9. The van der Waals surface area contributed by atoms with Gasteiger partial charge in [0.05, 0.1) is 17.1 Å². The van der Waals surface area contributed by atoms with Gasteiger partial charge in [0, 0.05) is 27.9 Å². The van der Waals surface area contributed by atoms with Crippen LogP contribution in [-0.2, 0) is 0 Å². The van der Waals surface area contributed by atoms with Crippen LogP contribution >= 0.6 is 15.9 Å². The second kappa shape index (κ2) is 10.6. The van der Waals surface area contributed by atoms with Crippen molar-refractivity contribution in [2.45, 2.75) is 25.9 Å². The van der Waals surface area contributed by atoms with Crippen molar-refractivity contribution >= 4 is 39.1 Å². The molecule has 0 aliphatic carbocycles. The Balaban J connectivity index is 1.60. The van der Waals surface area contributed by atoms with Gasteiger partial charge in [-0.2, -0.15) is 0 Å². The highest BCUT2D eigenvalue weighted by atomic mass is 79.9. The third kappa shape index (κ3) is 5.43. The van der Waals surface area contributed by atoms with Crippen molar-refractivity contribution in [1.29, 1.82) is 0 Å². The van der Waals surface area contributed by atoms with Crippen molar-refractivity contribution < 1.29 is 19.2 Å². The molecule has 3 aromatic carbocycles. The molecular weight excluding hydrogens is 516 g/mol. The Labute approximate surface area is 210 Å². The summed E-state index contributed by atoms with van der Waals surface area (Å²) >= 11 is 3.37. The predicted molar refractivity (Wildman–Crippen MR) is 134 cm³/mol. The van der Waals surface area contributed by atoms with E-state index >= 15 is 0 Å². The summed E-state index contributed by atoms with van der Waals surface area (Å²) in [6, 6.07) is 17.7. The first kappa shape index (κ1) is 24.2. The molecule has 2 N–H and O–H groups in total. The van der Waals surface area contributed by atoms with Crippen LogP contribution in [-0.4, -0.2) is 28.4 Å². The number of non-ortho nitro benzene ring substituents is 1. The van der Waals surface area contributed by atoms with Crippen LogP contribution in [0.2, 0.25) is 0 Å². The van der Waals surface area contributed by atoms with E-state index in [9.17, 15) is 19.7 Å². The molecule has 10 heteroatoms. The third-order valence-electron chi connectivity index (χ3n) is 5.51. The highest BCUT2D eigenvalue weighted by Gasteiger charge is 2.35. The molecule has 1 aliphatic rings. The molecule has 9 nitrogen and oxygen atoms in total. The van der Waals surface area contributed by atoms with Crippen LogP contribution in [0.15, 0.2) is 71.2 Å². The van der Waals surface area contributed by atoms with Gasteiger partial charge in [0.25, 0.3) is 17.5 Å². The molecule has 4 rings (SSSR count). The summed E-state index contributed by atoms with van der Waals surface area (Å²) in [6.45, 7) is 2.68. The molecule has 1 heterocycles. The number of hydrazine groups is 1. The number of ether oxygens (including phenoxy) is 1. The minimum Gasteiger partial charge on any atom is -0.494 e. The Morgan fingerprint density at radius 2 is 1.86 bits per heavy atom. The van der Waals surface area contributed by atoms with Crippen LogP contribution in [0, 0.1) is 10.1 Å². The standard InChI is InChI=1S/C25H23BrN4O5/c1-2-3-14-35-20-11-6-17(7-12-20)24(31)28-29-23(16-4-9-19(10-5-16)30(33)34)27-22-13-8-18(26)15-21(22)25(29)32/h4-13,15,23,27H,2-3,14H2,1H3,(H,28,31). The normalized spacial score (nSPS) is 14.6. The van der Waals surface area contributed by atoms with Gasteiger partial charge in [0.15, 0.2) is 0 Å². The number of amides is 2. The van der Waals surface area contributed by atoms with E-state index in [2.05, 4.69) is 33.6 Å². The summed E-state index contributed by atoms with van der Waals surface area (Å²) in [5.74, 6) is -0.241. The third-order valence-corrected chi connectivity index (χ3v) is 6.00. The number of benzene rings is 3. The second-order valence-electron chi connectivity index (χ2n) is 7.93. The van der Waals surface area contributed by atoms with Gasteiger partial charge >= 0.3 is 0 Å². The Hall–Kier alpha value is -3.92. The lowest BCUT2D eigenvalue weighted by atomic mass is 10.0. The zero-order valence-electron chi connectivity index (χ0n) is 18.9. The lowest BCUT2D eigenvalue weighted by Gasteiger charge is -2.37. The minimum absolute atomic E-state index is 0.0722. The topological polar surface area (TPSA) is 114 Å². The molecular formula is C25H23BrN4O5. The van der Waals surface area contributed by atoms with Gasteiger partial charge in [-0.15, -0.1) is 0 Å². The number of anilines is 1. The molecule has 0 saturated carbocycles. The van der Waals surface area contributed by atoms with Crippen molar-refractivity contribution in [1.82, 2.24) is 10.4 Å². The van der Waals surface area contributed by atoms with Gasteiger partial charge in [-0.25, -0.2) is 5.01 Å². The van der Waals surface area contributed by atoms with Crippen molar-refractivity contribution in [3.8, 4) is 5.75 Å². The second-order valence-corrected chi connectivity index (χ2v) is 8.84. The largest absolute Gasteiger partial charge is 0.494 e. The monoisotopic (exact) mass is 538 g/mol. The average molecular weight is 539 g/mol. The predicted octanol–water partition coefficient (Wildman–Crippen LogP) is 5.45. The summed E-state index contributed by atoms with van der Waals surface area (Å²) in [5.41, 5.74) is 4.50. The first-order valence-corrected chi connectivity index (χ1v) is 11.8. The number of nitrogens with one attached hydrogen (secondary N) is 2. The Kier molecular flexibility index (Phi) is 7.31. The average Bonchev–Trinajstić information content (AvgIpc) is 2.86. The molecule has 3 aromatic rings. The maximum atomic E-state index is 13.4. The van der Waals surface area contributed by atoms with E-state index in [1.54, 1.807) is 54.6 Å². The number of hydrogen-bond acceptors (Lipinski definition) is 6. The number of halogens is 1. The van der Waals surface area contributed by atoms with Gasteiger partial charge in [-0.3, -0.25) is 25.1 Å². The molecule has 180 valence electrons. The number of carbonyl (C=O) groups is 2. The number of rotatable bonds is 8. The molecule has 1 unspecified atom stereocenters. The van der Waals surface area contributed by atoms with Crippen molar-refractivity contribution in [3.63, 3.8) is 0 Å². The quantitative estimate of drug-likeness (QED) is 0.224. The number of carbonyl (C=O) groups excluding carboxylic acids is 2. The van der Waals surface area contributed by atoms with Gasteiger partial charge in [0.2, 0.25) is 0 Å². The summed E-state index contributed by atoms with van der Waals surface area (Å²) in [7, 11) is 0. The maximum absolute atomic E-state index is 13.4. The Morgan fingerprint density at radius 3 is 2.51 bits per heavy atom. The van der Waals surface area contributed by atoms with Gasteiger partial charge in [0.1, 0.15) is 11.9 Å². The number of hydrogen-bond donors (Lipinski definition) is 2.